The van der Waals surface area contributed by atoms with E-state index in [1.54, 1.807) is 0 Å². The Morgan fingerprint density at radius 2 is 1.89 bits per heavy atom. The van der Waals surface area contributed by atoms with Gasteiger partial charge in [0.25, 0.3) is 0 Å². The Bertz CT molecular complexity index is 1180. The Balaban J connectivity index is 1.29. The van der Waals surface area contributed by atoms with Crippen molar-refractivity contribution in [2.75, 3.05) is 19.6 Å². The molecule has 0 aliphatic carbocycles. The number of fused-ring (bicyclic) bond motifs is 3. The van der Waals surface area contributed by atoms with Gasteiger partial charge in [0.2, 0.25) is 0 Å². The lowest BCUT2D eigenvalue weighted by Gasteiger charge is -2.43. The molecule has 35 heavy (non-hydrogen) atoms. The Labute approximate surface area is 207 Å². The normalized spacial score (nSPS) is 21.8. The smallest absolute Gasteiger partial charge is 0.408 e. The van der Waals surface area contributed by atoms with Gasteiger partial charge in [-0.05, 0) is 55.1 Å². The Hall–Kier alpha value is -3.43. The van der Waals surface area contributed by atoms with Crippen LogP contribution < -0.4 is 10.1 Å². The van der Waals surface area contributed by atoms with Crippen LogP contribution in [0.3, 0.4) is 0 Å². The number of carbonyl (C=O) groups excluding carboxylic acids is 1. The second-order valence-corrected chi connectivity index (χ2v) is 9.81. The van der Waals surface area contributed by atoms with Crippen LogP contribution in [0.2, 0.25) is 0 Å². The topological polar surface area (TPSA) is 101 Å². The third-order valence-corrected chi connectivity index (χ3v) is 7.40. The van der Waals surface area contributed by atoms with Crippen molar-refractivity contribution in [3.63, 3.8) is 0 Å². The molecule has 0 radical (unpaired) electrons. The highest BCUT2D eigenvalue weighted by molar-refractivity contribution is 7.09. The van der Waals surface area contributed by atoms with E-state index in [-0.39, 0.29) is 18.4 Å². The maximum absolute atomic E-state index is 13.0. The number of carboxylic acids is 1. The van der Waals surface area contributed by atoms with Crippen LogP contribution in [0, 0.1) is 5.92 Å². The van der Waals surface area contributed by atoms with Crippen LogP contribution in [0.15, 0.2) is 60.0 Å². The van der Waals surface area contributed by atoms with Gasteiger partial charge in [-0.3, -0.25) is 4.90 Å². The van der Waals surface area contributed by atoms with Crippen molar-refractivity contribution in [3.05, 3.63) is 81.8 Å². The van der Waals surface area contributed by atoms with E-state index in [0.717, 1.165) is 43.6 Å². The number of piperidine rings is 3. The third kappa shape index (κ3) is 5.63. The number of aromatic nitrogens is 1. The Kier molecular flexibility index (Phi) is 6.96. The second kappa shape index (κ2) is 10.5. The minimum atomic E-state index is -1.06. The first-order valence-electron chi connectivity index (χ1n) is 11.7. The molecule has 3 saturated heterocycles. The van der Waals surface area contributed by atoms with E-state index in [9.17, 15) is 9.59 Å². The van der Waals surface area contributed by atoms with Gasteiger partial charge in [0, 0.05) is 11.9 Å². The summed E-state index contributed by atoms with van der Waals surface area (Å²) in [4.78, 5) is 30.4. The summed E-state index contributed by atoms with van der Waals surface area (Å²) in [6.07, 6.45) is 1.66. The molecular weight excluding hydrogens is 466 g/mol. The number of rotatable bonds is 8. The molecule has 3 aromatic rings. The maximum Gasteiger partial charge on any atom is 0.408 e. The summed E-state index contributed by atoms with van der Waals surface area (Å²) in [5.41, 5.74) is 1.80. The number of aromatic carboxylic acids is 1. The van der Waals surface area contributed by atoms with Crippen molar-refractivity contribution in [2.45, 2.75) is 31.6 Å². The third-order valence-electron chi connectivity index (χ3n) is 6.57. The van der Waals surface area contributed by atoms with E-state index >= 15 is 0 Å². The molecule has 3 aliphatic heterocycles. The molecule has 4 heterocycles. The van der Waals surface area contributed by atoms with E-state index in [2.05, 4.69) is 15.2 Å². The molecule has 182 valence electrons. The zero-order valence-electron chi connectivity index (χ0n) is 19.1. The van der Waals surface area contributed by atoms with E-state index in [1.165, 1.54) is 16.7 Å². The monoisotopic (exact) mass is 493 g/mol. The molecule has 6 rings (SSSR count). The van der Waals surface area contributed by atoms with Crippen LogP contribution >= 0.6 is 11.3 Å². The molecule has 9 heteroatoms. The van der Waals surface area contributed by atoms with Gasteiger partial charge < -0.3 is 19.9 Å². The fraction of sp³-hybridized carbons (Fsp3) is 0.346. The van der Waals surface area contributed by atoms with Crippen LogP contribution in [0.1, 0.15) is 45.5 Å². The van der Waals surface area contributed by atoms with Gasteiger partial charge in [-0.2, -0.15) is 0 Å². The summed E-state index contributed by atoms with van der Waals surface area (Å²) >= 11 is 1.24. The molecule has 8 nitrogen and oxygen atoms in total. The average molecular weight is 494 g/mol. The highest BCUT2D eigenvalue weighted by Gasteiger charge is 2.36. The number of amides is 1. The fourth-order valence-electron chi connectivity index (χ4n) is 4.74. The molecule has 1 amide bonds. The van der Waals surface area contributed by atoms with Gasteiger partial charge in [0.15, 0.2) is 5.69 Å². The van der Waals surface area contributed by atoms with Gasteiger partial charge >= 0.3 is 12.1 Å². The summed E-state index contributed by atoms with van der Waals surface area (Å²) in [5, 5.41) is 14.2. The number of nitrogens with one attached hydrogen (secondary N) is 1. The van der Waals surface area contributed by atoms with E-state index < -0.39 is 18.1 Å². The van der Waals surface area contributed by atoms with Crippen molar-refractivity contribution < 1.29 is 24.2 Å². The van der Waals surface area contributed by atoms with E-state index in [1.807, 2.05) is 54.6 Å². The molecular formula is C26H27N3O5S. The average Bonchev–Trinajstić information content (AvgIpc) is 3.37. The number of ether oxygens (including phenoxy) is 2. The zero-order valence-corrected chi connectivity index (χ0v) is 19.9. The molecule has 2 N–H and O–H groups in total. The predicted octanol–water partition coefficient (Wildman–Crippen LogP) is 4.33. The summed E-state index contributed by atoms with van der Waals surface area (Å²) < 4.78 is 11.8. The minimum Gasteiger partial charge on any atom is -0.486 e. The fourth-order valence-corrected chi connectivity index (χ4v) is 5.42. The number of nitrogens with zero attached hydrogens (tertiary/aromatic N) is 2. The van der Waals surface area contributed by atoms with Crippen LogP contribution in [0.4, 0.5) is 4.79 Å². The van der Waals surface area contributed by atoms with Gasteiger partial charge in [-0.1, -0.05) is 42.5 Å². The highest BCUT2D eigenvalue weighted by atomic mass is 32.1. The Morgan fingerprint density at radius 1 is 1.11 bits per heavy atom. The quantitative estimate of drug-likeness (QED) is 0.482. The minimum absolute atomic E-state index is 0.0113. The first kappa shape index (κ1) is 23.3. The first-order valence-corrected chi connectivity index (χ1v) is 12.6. The molecule has 2 atom stereocenters. The lowest BCUT2D eigenvalue weighted by atomic mass is 9.86. The number of alkyl carbamates (subject to hydrolysis) is 1. The number of hydrogen-bond donors (Lipinski definition) is 2. The summed E-state index contributed by atoms with van der Waals surface area (Å²) in [6.45, 7) is 3.14. The van der Waals surface area contributed by atoms with Gasteiger partial charge in [0.05, 0.1) is 6.04 Å². The van der Waals surface area contributed by atoms with Crippen molar-refractivity contribution in [3.8, 4) is 5.75 Å². The second-order valence-electron chi connectivity index (χ2n) is 8.86. The predicted molar refractivity (Wildman–Crippen MR) is 131 cm³/mol. The highest BCUT2D eigenvalue weighted by Crippen LogP contribution is 2.30. The van der Waals surface area contributed by atoms with Crippen LogP contribution in [0.5, 0.6) is 5.75 Å². The number of hydrogen-bond acceptors (Lipinski definition) is 7. The van der Waals surface area contributed by atoms with Gasteiger partial charge in [-0.15, -0.1) is 11.3 Å². The van der Waals surface area contributed by atoms with Crippen LogP contribution in [-0.4, -0.2) is 52.8 Å². The lowest BCUT2D eigenvalue weighted by Crippen LogP contribution is -2.52. The number of benzene rings is 2. The Morgan fingerprint density at radius 3 is 2.57 bits per heavy atom. The SMILES string of the molecule is O=C(NC(c1ccccc1)c1cccc(OCc2nc(C(=O)O)cs2)c1)OC1CN2CCC1CC2. The number of thiazole rings is 1. The van der Waals surface area contributed by atoms with Crippen LogP contribution in [-0.2, 0) is 11.3 Å². The van der Waals surface area contributed by atoms with E-state index in [0.29, 0.717) is 16.7 Å². The molecule has 2 bridgehead atoms. The van der Waals surface area contributed by atoms with Crippen molar-refractivity contribution in [2.24, 2.45) is 5.92 Å². The largest absolute Gasteiger partial charge is 0.486 e. The molecule has 2 unspecified atom stereocenters. The summed E-state index contributed by atoms with van der Waals surface area (Å²) in [7, 11) is 0. The van der Waals surface area contributed by atoms with Crippen molar-refractivity contribution in [1.29, 1.82) is 0 Å². The zero-order chi connectivity index (χ0) is 24.2. The number of carboxylic acid groups (broad SMARTS) is 1. The summed E-state index contributed by atoms with van der Waals surface area (Å²) in [5.74, 6) is -0.0235. The molecule has 0 spiro atoms. The summed E-state index contributed by atoms with van der Waals surface area (Å²) in [6, 6.07) is 16.8. The lowest BCUT2D eigenvalue weighted by molar-refractivity contribution is -0.0336. The first-order chi connectivity index (χ1) is 17.0. The molecule has 3 fully saturated rings. The maximum atomic E-state index is 13.0. The number of carbonyl (C=O) groups is 2. The van der Waals surface area contributed by atoms with Gasteiger partial charge in [-0.25, -0.2) is 14.6 Å². The van der Waals surface area contributed by atoms with Gasteiger partial charge in [0.1, 0.15) is 23.5 Å². The molecule has 0 saturated carbocycles. The van der Waals surface area contributed by atoms with Crippen molar-refractivity contribution >= 4 is 23.4 Å². The van der Waals surface area contributed by atoms with E-state index in [4.69, 9.17) is 14.6 Å². The molecule has 2 aromatic carbocycles. The standard InChI is InChI=1S/C26H27N3O5S/c30-25(31)21-16-35-23(27-21)15-33-20-8-4-7-19(13-20)24(18-5-2-1-3-6-18)28-26(32)34-22-14-29-11-9-17(22)10-12-29/h1-8,13,16-17,22,24H,9-12,14-15H2,(H,28,32)(H,30,31). The van der Waals surface area contributed by atoms with Crippen molar-refractivity contribution in [1.82, 2.24) is 15.2 Å². The molecule has 1 aromatic heterocycles. The van der Waals surface area contributed by atoms with Crippen LogP contribution in [0.25, 0.3) is 0 Å². The molecule has 3 aliphatic rings.